The number of nitrogens with zero attached hydrogens (tertiary/aromatic N) is 3. The van der Waals surface area contributed by atoms with Gasteiger partial charge < -0.3 is 20.4 Å². The molecule has 0 saturated carbocycles. The molecule has 0 unspecified atom stereocenters. The summed E-state index contributed by atoms with van der Waals surface area (Å²) in [5.74, 6) is 0. The highest BCUT2D eigenvalue weighted by molar-refractivity contribution is 5.73. The van der Waals surface area contributed by atoms with Crippen LogP contribution >= 0.6 is 0 Å². The highest BCUT2D eigenvalue weighted by atomic mass is 15.3. The normalized spacial score (nSPS) is 16.9. The largest absolute Gasteiger partial charge is 0.397 e. The van der Waals surface area contributed by atoms with Crippen molar-refractivity contribution in [2.45, 2.75) is 6.92 Å². The summed E-state index contributed by atoms with van der Waals surface area (Å²) >= 11 is 0. The smallest absolute Gasteiger partial charge is 0.0602 e. The van der Waals surface area contributed by atoms with E-state index in [0.29, 0.717) is 0 Å². The molecule has 1 heterocycles. The van der Waals surface area contributed by atoms with Gasteiger partial charge in [-0.3, -0.25) is 0 Å². The van der Waals surface area contributed by atoms with Gasteiger partial charge in [0, 0.05) is 46.0 Å². The van der Waals surface area contributed by atoms with Crippen LogP contribution in [0.25, 0.3) is 0 Å². The van der Waals surface area contributed by atoms with E-state index in [0.717, 1.165) is 44.1 Å². The first-order valence-corrected chi connectivity index (χ1v) is 6.66. The van der Waals surface area contributed by atoms with Crippen molar-refractivity contribution in [3.63, 3.8) is 0 Å². The fraction of sp³-hybridized carbons (Fsp3) is 0.571. The summed E-state index contributed by atoms with van der Waals surface area (Å²) in [5, 5.41) is 0. The lowest BCUT2D eigenvalue weighted by Gasteiger charge is -2.36. The second-order valence-corrected chi connectivity index (χ2v) is 5.06. The molecule has 0 aliphatic carbocycles. The van der Waals surface area contributed by atoms with Crippen molar-refractivity contribution in [1.29, 1.82) is 0 Å². The number of anilines is 3. The number of likely N-dealkylation sites (N-methyl/N-ethyl adjacent to an activating group) is 1. The zero-order chi connectivity index (χ0) is 13.1. The molecule has 18 heavy (non-hydrogen) atoms. The number of rotatable bonds is 3. The molecule has 1 saturated heterocycles. The van der Waals surface area contributed by atoms with Gasteiger partial charge in [-0.15, -0.1) is 0 Å². The van der Waals surface area contributed by atoms with Gasteiger partial charge in [0.1, 0.15) is 0 Å². The Balaban J connectivity index is 2.10. The van der Waals surface area contributed by atoms with E-state index in [4.69, 9.17) is 5.73 Å². The summed E-state index contributed by atoms with van der Waals surface area (Å²) < 4.78 is 0. The summed E-state index contributed by atoms with van der Waals surface area (Å²) in [7, 11) is 4.07. The Labute approximate surface area is 110 Å². The highest BCUT2D eigenvalue weighted by Gasteiger charge is 2.17. The van der Waals surface area contributed by atoms with Crippen LogP contribution in [-0.4, -0.2) is 51.7 Å². The SMILES string of the molecule is CCN1CCN(c2ccc(N(C)C)cc2N)CC1. The van der Waals surface area contributed by atoms with Crippen LogP contribution in [0, 0.1) is 0 Å². The highest BCUT2D eigenvalue weighted by Crippen LogP contribution is 2.28. The van der Waals surface area contributed by atoms with Gasteiger partial charge in [-0.2, -0.15) is 0 Å². The number of nitrogens with two attached hydrogens (primary N) is 1. The van der Waals surface area contributed by atoms with Crippen LogP contribution in [0.1, 0.15) is 6.92 Å². The Kier molecular flexibility index (Phi) is 3.97. The lowest BCUT2D eigenvalue weighted by Crippen LogP contribution is -2.46. The molecule has 2 rings (SSSR count). The van der Waals surface area contributed by atoms with Gasteiger partial charge in [0.25, 0.3) is 0 Å². The molecule has 1 fully saturated rings. The quantitative estimate of drug-likeness (QED) is 0.822. The van der Waals surface area contributed by atoms with E-state index < -0.39 is 0 Å². The van der Waals surface area contributed by atoms with Crippen molar-refractivity contribution in [1.82, 2.24) is 4.90 Å². The zero-order valence-corrected chi connectivity index (χ0v) is 11.7. The summed E-state index contributed by atoms with van der Waals surface area (Å²) in [6, 6.07) is 6.34. The number of hydrogen-bond donors (Lipinski definition) is 1. The van der Waals surface area contributed by atoms with Crippen LogP contribution in [0.4, 0.5) is 17.1 Å². The molecule has 100 valence electrons. The number of nitrogen functional groups attached to an aromatic ring is 1. The van der Waals surface area contributed by atoms with Gasteiger partial charge in [0.15, 0.2) is 0 Å². The van der Waals surface area contributed by atoms with E-state index in [1.165, 1.54) is 5.69 Å². The molecule has 0 spiro atoms. The van der Waals surface area contributed by atoms with E-state index in [1.807, 2.05) is 14.1 Å². The minimum atomic E-state index is 0.881. The Morgan fingerprint density at radius 3 is 2.33 bits per heavy atom. The van der Waals surface area contributed by atoms with Crippen molar-refractivity contribution in [2.24, 2.45) is 0 Å². The van der Waals surface area contributed by atoms with Gasteiger partial charge in [-0.25, -0.2) is 0 Å². The first-order valence-electron chi connectivity index (χ1n) is 6.66. The first-order chi connectivity index (χ1) is 8.61. The Morgan fingerprint density at radius 1 is 1.17 bits per heavy atom. The summed E-state index contributed by atoms with van der Waals surface area (Å²) in [5.41, 5.74) is 9.39. The monoisotopic (exact) mass is 248 g/mol. The average molecular weight is 248 g/mol. The molecule has 0 atom stereocenters. The van der Waals surface area contributed by atoms with E-state index in [9.17, 15) is 0 Å². The molecule has 1 aliphatic rings. The lowest BCUT2D eigenvalue weighted by molar-refractivity contribution is 0.271. The maximum Gasteiger partial charge on any atom is 0.0602 e. The minimum absolute atomic E-state index is 0.881. The minimum Gasteiger partial charge on any atom is -0.397 e. The fourth-order valence-electron chi connectivity index (χ4n) is 2.41. The van der Waals surface area contributed by atoms with E-state index in [1.54, 1.807) is 0 Å². The van der Waals surface area contributed by atoms with E-state index in [2.05, 4.69) is 39.8 Å². The van der Waals surface area contributed by atoms with Gasteiger partial charge in [0.2, 0.25) is 0 Å². The molecular weight excluding hydrogens is 224 g/mol. The third-order valence-electron chi connectivity index (χ3n) is 3.69. The van der Waals surface area contributed by atoms with E-state index >= 15 is 0 Å². The molecule has 1 aromatic carbocycles. The van der Waals surface area contributed by atoms with Crippen LogP contribution in [0.2, 0.25) is 0 Å². The number of piperazine rings is 1. The van der Waals surface area contributed by atoms with Crippen LogP contribution < -0.4 is 15.5 Å². The van der Waals surface area contributed by atoms with Crippen molar-refractivity contribution in [3.8, 4) is 0 Å². The molecule has 0 amide bonds. The van der Waals surface area contributed by atoms with Crippen LogP contribution in [0.5, 0.6) is 0 Å². The molecule has 2 N–H and O–H groups in total. The topological polar surface area (TPSA) is 35.7 Å². The first kappa shape index (κ1) is 13.0. The van der Waals surface area contributed by atoms with Crippen LogP contribution in [0.3, 0.4) is 0 Å². The third kappa shape index (κ3) is 2.70. The molecule has 4 nitrogen and oxygen atoms in total. The maximum atomic E-state index is 6.18. The predicted molar refractivity (Wildman–Crippen MR) is 79.5 cm³/mol. The lowest BCUT2D eigenvalue weighted by atomic mass is 10.2. The fourth-order valence-corrected chi connectivity index (χ4v) is 2.41. The molecule has 0 radical (unpaired) electrons. The molecule has 1 aromatic rings. The van der Waals surface area contributed by atoms with Crippen LogP contribution in [0.15, 0.2) is 18.2 Å². The number of benzene rings is 1. The maximum absolute atomic E-state index is 6.18. The Hall–Kier alpha value is -1.42. The molecule has 4 heteroatoms. The van der Waals surface area contributed by atoms with Crippen molar-refractivity contribution < 1.29 is 0 Å². The van der Waals surface area contributed by atoms with Gasteiger partial charge in [-0.1, -0.05) is 6.92 Å². The van der Waals surface area contributed by atoms with Crippen LogP contribution in [-0.2, 0) is 0 Å². The number of hydrogen-bond acceptors (Lipinski definition) is 4. The van der Waals surface area contributed by atoms with Crippen molar-refractivity contribution in [2.75, 3.05) is 62.4 Å². The summed E-state index contributed by atoms with van der Waals surface area (Å²) in [6.07, 6.45) is 0. The van der Waals surface area contributed by atoms with Crippen molar-refractivity contribution >= 4 is 17.1 Å². The average Bonchev–Trinajstić information content (AvgIpc) is 2.38. The van der Waals surface area contributed by atoms with Gasteiger partial charge in [0.05, 0.1) is 11.4 Å². The second-order valence-electron chi connectivity index (χ2n) is 5.06. The van der Waals surface area contributed by atoms with Crippen molar-refractivity contribution in [3.05, 3.63) is 18.2 Å². The molecule has 0 aromatic heterocycles. The standard InChI is InChI=1S/C14H24N4/c1-4-17-7-9-18(10-8-17)14-6-5-12(16(2)3)11-13(14)15/h5-6,11H,4,7-10,15H2,1-3H3. The Bertz CT molecular complexity index is 395. The molecule has 0 bridgehead atoms. The van der Waals surface area contributed by atoms with E-state index in [-0.39, 0.29) is 0 Å². The molecular formula is C14H24N4. The summed E-state index contributed by atoms with van der Waals surface area (Å²) in [4.78, 5) is 6.94. The van der Waals surface area contributed by atoms with Gasteiger partial charge >= 0.3 is 0 Å². The third-order valence-corrected chi connectivity index (χ3v) is 3.69. The molecule has 1 aliphatic heterocycles. The zero-order valence-electron chi connectivity index (χ0n) is 11.7. The second kappa shape index (κ2) is 5.48. The van der Waals surface area contributed by atoms with Gasteiger partial charge in [-0.05, 0) is 24.7 Å². The predicted octanol–water partition coefficient (Wildman–Crippen LogP) is 1.48. The summed E-state index contributed by atoms with van der Waals surface area (Å²) in [6.45, 7) is 7.76. The Morgan fingerprint density at radius 2 is 1.83 bits per heavy atom.